The fraction of sp³-hybridized carbons (Fsp3) is 0.316. The maximum absolute atomic E-state index is 11.3. The summed E-state index contributed by atoms with van der Waals surface area (Å²) in [5.74, 6) is 0.361. The fourth-order valence-electron chi connectivity index (χ4n) is 7.08. The summed E-state index contributed by atoms with van der Waals surface area (Å²) in [6.45, 7) is 6.13. The van der Waals surface area contributed by atoms with Crippen molar-refractivity contribution in [2.75, 3.05) is 65.4 Å². The Kier molecular flexibility index (Phi) is 15.4. The lowest BCUT2D eigenvalue weighted by molar-refractivity contribution is 0.0954. The molecule has 2 fully saturated rings. The molecule has 0 spiro atoms. The molecular weight excluding hydrogens is 1070 g/mol. The lowest BCUT2D eigenvalue weighted by atomic mass is 10.1. The van der Waals surface area contributed by atoms with E-state index < -0.39 is 0 Å². The van der Waals surface area contributed by atoms with Crippen LogP contribution in [0.2, 0.25) is 20.1 Å². The predicted octanol–water partition coefficient (Wildman–Crippen LogP) is 10.3. The number of rotatable bonds is 13. The molecule has 2 saturated heterocycles. The number of phenols is 4. The number of nitrogens with zero attached hydrogens (tertiary/aromatic N) is 6. The van der Waals surface area contributed by atoms with Gasteiger partial charge < -0.3 is 20.4 Å². The normalized spacial score (nSPS) is 18.7. The minimum absolute atomic E-state index is 0.0632. The molecule has 4 aromatic rings. The molecule has 0 saturated carbocycles. The first-order valence-electron chi connectivity index (χ1n) is 17.4. The van der Waals surface area contributed by atoms with Crippen LogP contribution in [-0.2, 0) is 0 Å². The van der Waals surface area contributed by atoms with Gasteiger partial charge in [0.05, 0.1) is 43.3 Å². The van der Waals surface area contributed by atoms with E-state index in [9.17, 15) is 20.4 Å². The summed E-state index contributed by atoms with van der Waals surface area (Å²) < 4.78 is 1.99. The molecule has 2 heterocycles. The van der Waals surface area contributed by atoms with Crippen LogP contribution in [0.15, 0.2) is 76.4 Å². The van der Waals surface area contributed by atoms with Crippen molar-refractivity contribution in [1.29, 1.82) is 0 Å². The van der Waals surface area contributed by atoms with Gasteiger partial charge in [-0.05, 0) is 112 Å². The molecule has 56 heavy (non-hydrogen) atoms. The Morgan fingerprint density at radius 3 is 1.14 bits per heavy atom. The molecule has 0 amide bonds. The van der Waals surface area contributed by atoms with Gasteiger partial charge in [0.25, 0.3) is 0 Å². The molecule has 0 aromatic heterocycles. The molecule has 2 aliphatic rings. The first-order valence-corrected chi connectivity index (χ1v) is 22.1. The topological polar surface area (TPSA) is 119 Å². The molecule has 0 radical (unpaired) electrons. The lowest BCUT2D eigenvalue weighted by Crippen LogP contribution is -2.39. The number of benzene rings is 4. The van der Waals surface area contributed by atoms with Crippen LogP contribution in [0.4, 0.5) is 0 Å². The van der Waals surface area contributed by atoms with Crippen molar-refractivity contribution in [2.45, 2.75) is 12.3 Å². The van der Waals surface area contributed by atoms with E-state index in [4.69, 9.17) is 46.4 Å². The number of phenolic OH excluding ortho intramolecular Hbond substituents is 4. The van der Waals surface area contributed by atoms with Crippen molar-refractivity contribution in [2.24, 2.45) is 9.98 Å². The molecule has 18 heteroatoms. The van der Waals surface area contributed by atoms with Crippen molar-refractivity contribution in [3.05, 3.63) is 109 Å². The van der Waals surface area contributed by atoms with Crippen LogP contribution >= 0.6 is 110 Å². The van der Waals surface area contributed by atoms with E-state index in [0.29, 0.717) is 113 Å². The second kappa shape index (κ2) is 19.6. The van der Waals surface area contributed by atoms with Gasteiger partial charge in [0.1, 0.15) is 23.0 Å². The highest BCUT2D eigenvalue weighted by molar-refractivity contribution is 9.11. The van der Waals surface area contributed by atoms with Crippen LogP contribution in [0.1, 0.15) is 34.6 Å². The van der Waals surface area contributed by atoms with Gasteiger partial charge in [0.2, 0.25) is 0 Å². The maximum Gasteiger partial charge on any atom is 0.138 e. The summed E-state index contributed by atoms with van der Waals surface area (Å²) in [5.41, 5.74) is 2.36. The van der Waals surface area contributed by atoms with E-state index >= 15 is 0 Å². The van der Waals surface area contributed by atoms with E-state index in [-0.39, 0.29) is 35.3 Å². The molecule has 4 N–H and O–H groups in total. The van der Waals surface area contributed by atoms with Gasteiger partial charge in [-0.1, -0.05) is 46.4 Å². The van der Waals surface area contributed by atoms with Gasteiger partial charge in [0, 0.05) is 107 Å². The summed E-state index contributed by atoms with van der Waals surface area (Å²) in [5, 5.41) is 45.4. The van der Waals surface area contributed by atoms with Crippen molar-refractivity contribution < 1.29 is 20.4 Å². The summed E-state index contributed by atoms with van der Waals surface area (Å²) in [7, 11) is 0. The van der Waals surface area contributed by atoms with Gasteiger partial charge >= 0.3 is 0 Å². The second-order valence-corrected chi connectivity index (χ2v) is 18.4. The highest BCUT2D eigenvalue weighted by Gasteiger charge is 2.38. The SMILES string of the molecule is Oc1c(Br)cc(Cl)cc1C=NCCN1CCN(CCN2CCN(CCN=Cc3cc(Cl)cc(Br)c3O)[C@H]2c2cc(Cl)cc(Br)c2O)[C@@H]1c1cc(Cl)cc(Br)c1O. The standard InChI is InChI=1S/C38H36Br4Cl4N6O4/c39-29-15-23(43)11-21(33(29)53)19-47-1-3-49-5-7-51(37(49)27-13-25(45)17-31(41)35(27)55)9-10-52-8-6-50(38(52)28-14-26(46)18-32(42)36(28)56)4-2-48-20-22-12-24(44)16-30(40)34(22)54/h11-20,37-38,53-56H,1-10H2/t37-,38-/m1/s1. The zero-order valence-corrected chi connectivity index (χ0v) is 38.9. The van der Waals surface area contributed by atoms with Crippen LogP contribution in [-0.4, -0.2) is 118 Å². The van der Waals surface area contributed by atoms with Gasteiger partial charge in [0.15, 0.2) is 0 Å². The Morgan fingerprint density at radius 2 is 0.786 bits per heavy atom. The maximum atomic E-state index is 11.3. The Labute approximate surface area is 378 Å². The number of hydrogen-bond acceptors (Lipinski definition) is 10. The zero-order valence-electron chi connectivity index (χ0n) is 29.5. The summed E-state index contributed by atoms with van der Waals surface area (Å²) >= 11 is 39.1. The minimum Gasteiger partial charge on any atom is -0.506 e. The molecule has 0 bridgehead atoms. The Bertz CT molecular complexity index is 2000. The number of hydrogen-bond donors (Lipinski definition) is 4. The van der Waals surface area contributed by atoms with E-state index in [1.807, 2.05) is 0 Å². The third-order valence-corrected chi connectivity index (χ3v) is 13.0. The van der Waals surface area contributed by atoms with E-state index in [1.165, 1.54) is 0 Å². The molecular formula is C38H36Br4Cl4N6O4. The third kappa shape index (κ3) is 10.4. The predicted molar refractivity (Wildman–Crippen MR) is 240 cm³/mol. The van der Waals surface area contributed by atoms with Crippen molar-refractivity contribution >= 4 is 123 Å². The van der Waals surface area contributed by atoms with Gasteiger partial charge in [-0.3, -0.25) is 29.6 Å². The van der Waals surface area contributed by atoms with Crippen LogP contribution in [0.5, 0.6) is 23.0 Å². The fourth-order valence-corrected chi connectivity index (χ4v) is 10.4. The number of halogens is 8. The molecule has 2 aliphatic heterocycles. The number of aliphatic imine (C=N–C) groups is 2. The van der Waals surface area contributed by atoms with E-state index in [1.54, 1.807) is 61.0 Å². The Hall–Kier alpha value is -1.66. The first kappa shape index (κ1) is 43.9. The molecule has 0 unspecified atom stereocenters. The van der Waals surface area contributed by atoms with E-state index in [2.05, 4.69) is 93.3 Å². The van der Waals surface area contributed by atoms with E-state index in [0.717, 1.165) is 13.1 Å². The zero-order chi connectivity index (χ0) is 40.3. The first-order chi connectivity index (χ1) is 26.7. The Morgan fingerprint density at radius 1 is 0.482 bits per heavy atom. The molecule has 298 valence electrons. The average molecular weight is 1100 g/mol. The van der Waals surface area contributed by atoms with Crippen molar-refractivity contribution in [3.8, 4) is 23.0 Å². The molecule has 10 nitrogen and oxygen atoms in total. The van der Waals surface area contributed by atoms with Crippen LogP contribution in [0, 0.1) is 0 Å². The monoisotopic (exact) mass is 1100 g/mol. The smallest absolute Gasteiger partial charge is 0.138 e. The average Bonchev–Trinajstić information content (AvgIpc) is 3.74. The second-order valence-electron chi connectivity index (χ2n) is 13.3. The summed E-state index contributed by atoms with van der Waals surface area (Å²) in [4.78, 5) is 18.3. The van der Waals surface area contributed by atoms with Crippen LogP contribution in [0.25, 0.3) is 0 Å². The molecule has 0 aliphatic carbocycles. The molecule has 2 atom stereocenters. The van der Waals surface area contributed by atoms with Gasteiger partial charge in [-0.25, -0.2) is 0 Å². The number of aromatic hydroxyl groups is 4. The minimum atomic E-state index is -0.308. The quantitative estimate of drug-likeness (QED) is 0.0978. The highest BCUT2D eigenvalue weighted by Crippen LogP contribution is 2.43. The third-order valence-electron chi connectivity index (χ3n) is 9.69. The largest absolute Gasteiger partial charge is 0.506 e. The van der Waals surface area contributed by atoms with Gasteiger partial charge in [-0.15, -0.1) is 0 Å². The summed E-state index contributed by atoms with van der Waals surface area (Å²) in [6.07, 6.45) is 2.60. The summed E-state index contributed by atoms with van der Waals surface area (Å²) in [6, 6.07) is 13.5. The highest BCUT2D eigenvalue weighted by atomic mass is 79.9. The van der Waals surface area contributed by atoms with Crippen LogP contribution in [0.3, 0.4) is 0 Å². The molecule has 4 aromatic carbocycles. The lowest BCUT2D eigenvalue weighted by Gasteiger charge is -2.35. The van der Waals surface area contributed by atoms with Crippen LogP contribution < -0.4 is 0 Å². The Balaban J connectivity index is 1.21. The van der Waals surface area contributed by atoms with Crippen molar-refractivity contribution in [3.63, 3.8) is 0 Å². The van der Waals surface area contributed by atoms with Crippen molar-refractivity contribution in [1.82, 2.24) is 19.6 Å². The van der Waals surface area contributed by atoms with Gasteiger partial charge in [-0.2, -0.15) is 0 Å². The molecule has 6 rings (SSSR count).